The van der Waals surface area contributed by atoms with Gasteiger partial charge in [-0.2, -0.15) is 0 Å². The Kier molecular flexibility index (Phi) is 6.03. The van der Waals surface area contributed by atoms with Crippen LogP contribution in [0.15, 0.2) is 11.4 Å². The predicted molar refractivity (Wildman–Crippen MR) is 63.1 cm³/mol. The van der Waals surface area contributed by atoms with Gasteiger partial charge in [-0.3, -0.25) is 0 Å². The van der Waals surface area contributed by atoms with E-state index in [1.54, 1.807) is 21.1 Å². The maximum Gasteiger partial charge on any atom is 0.356 e. The number of ether oxygens (including phenoxy) is 3. The van der Waals surface area contributed by atoms with Crippen molar-refractivity contribution in [2.75, 3.05) is 26.6 Å². The molecule has 0 aliphatic carbocycles. The van der Waals surface area contributed by atoms with Crippen molar-refractivity contribution in [3.05, 3.63) is 11.9 Å². The van der Waals surface area contributed by atoms with Gasteiger partial charge in [0.25, 0.3) is 0 Å². The van der Waals surface area contributed by atoms with Gasteiger partial charge in [-0.25, -0.2) is 9.78 Å². The number of esters is 1. The standard InChI is InChI=1S/C10H16N2O4S/c1-4-16-9(13)7-5-11-10(12-7)17-6-8(14-2)15-3/h5,8H,4,6H2,1-3H3,(H,11,12). The van der Waals surface area contributed by atoms with Crippen LogP contribution in [-0.2, 0) is 14.2 Å². The van der Waals surface area contributed by atoms with E-state index in [1.807, 2.05) is 0 Å². The van der Waals surface area contributed by atoms with E-state index >= 15 is 0 Å². The van der Waals surface area contributed by atoms with E-state index in [9.17, 15) is 4.79 Å². The fraction of sp³-hybridized carbons (Fsp3) is 0.600. The second-order valence-corrected chi connectivity index (χ2v) is 4.04. The number of aromatic amines is 1. The van der Waals surface area contributed by atoms with Gasteiger partial charge in [-0.05, 0) is 6.92 Å². The molecule has 0 radical (unpaired) electrons. The number of rotatable bonds is 7. The first-order valence-corrected chi connectivity index (χ1v) is 6.10. The molecule has 0 atom stereocenters. The maximum absolute atomic E-state index is 11.4. The molecule has 0 unspecified atom stereocenters. The zero-order chi connectivity index (χ0) is 12.7. The van der Waals surface area contributed by atoms with E-state index in [-0.39, 0.29) is 6.29 Å². The molecule has 0 aliphatic rings. The van der Waals surface area contributed by atoms with E-state index < -0.39 is 5.97 Å². The number of nitrogens with one attached hydrogen (secondary N) is 1. The zero-order valence-corrected chi connectivity index (χ0v) is 10.9. The summed E-state index contributed by atoms with van der Waals surface area (Å²) in [6.07, 6.45) is 1.16. The summed E-state index contributed by atoms with van der Waals surface area (Å²) in [7, 11) is 3.14. The van der Waals surface area contributed by atoms with Crippen molar-refractivity contribution in [2.45, 2.75) is 18.4 Å². The molecule has 7 heteroatoms. The number of hydrogen-bond donors (Lipinski definition) is 1. The molecule has 1 N–H and O–H groups in total. The first kappa shape index (κ1) is 14.0. The first-order chi connectivity index (χ1) is 8.21. The van der Waals surface area contributed by atoms with Gasteiger partial charge in [-0.1, -0.05) is 11.8 Å². The highest BCUT2D eigenvalue weighted by molar-refractivity contribution is 7.99. The van der Waals surface area contributed by atoms with Crippen molar-refractivity contribution in [1.82, 2.24) is 9.97 Å². The number of nitrogens with zero attached hydrogens (tertiary/aromatic N) is 1. The number of H-pyrrole nitrogens is 1. The van der Waals surface area contributed by atoms with E-state index in [0.717, 1.165) is 0 Å². The van der Waals surface area contributed by atoms with E-state index in [4.69, 9.17) is 14.2 Å². The second kappa shape index (κ2) is 7.31. The van der Waals surface area contributed by atoms with Gasteiger partial charge >= 0.3 is 5.97 Å². The van der Waals surface area contributed by atoms with Crippen molar-refractivity contribution in [3.8, 4) is 0 Å². The fourth-order valence-corrected chi connectivity index (χ4v) is 1.94. The Morgan fingerprint density at radius 3 is 2.82 bits per heavy atom. The molecule has 6 nitrogen and oxygen atoms in total. The summed E-state index contributed by atoms with van der Waals surface area (Å²) in [5, 5.41) is 0.632. The molecule has 0 amide bonds. The first-order valence-electron chi connectivity index (χ1n) is 5.11. The van der Waals surface area contributed by atoms with Crippen LogP contribution in [0, 0.1) is 0 Å². The van der Waals surface area contributed by atoms with Gasteiger partial charge < -0.3 is 19.2 Å². The van der Waals surface area contributed by atoms with E-state index in [2.05, 4.69) is 9.97 Å². The van der Waals surface area contributed by atoms with Crippen LogP contribution in [0.2, 0.25) is 0 Å². The fourth-order valence-electron chi connectivity index (χ4n) is 1.07. The summed E-state index contributed by atoms with van der Waals surface area (Å²) >= 11 is 1.41. The van der Waals surface area contributed by atoms with Gasteiger partial charge in [-0.15, -0.1) is 0 Å². The van der Waals surface area contributed by atoms with Gasteiger partial charge in [0, 0.05) is 14.2 Å². The lowest BCUT2D eigenvalue weighted by Gasteiger charge is -2.11. The Hall–Kier alpha value is -1.05. The van der Waals surface area contributed by atoms with Crippen LogP contribution in [0.4, 0.5) is 0 Å². The highest BCUT2D eigenvalue weighted by Crippen LogP contribution is 2.16. The average molecular weight is 260 g/mol. The number of aromatic nitrogens is 2. The molecule has 1 aromatic rings. The molecule has 1 rings (SSSR count). The summed E-state index contributed by atoms with van der Waals surface area (Å²) in [6, 6.07) is 0. The van der Waals surface area contributed by atoms with E-state index in [0.29, 0.717) is 23.2 Å². The number of methoxy groups -OCH3 is 2. The van der Waals surface area contributed by atoms with Crippen LogP contribution in [0.3, 0.4) is 0 Å². The highest BCUT2D eigenvalue weighted by Gasteiger charge is 2.12. The molecular formula is C10H16N2O4S. The number of carbonyl (C=O) groups is 1. The summed E-state index contributed by atoms with van der Waals surface area (Å²) in [4.78, 5) is 18.3. The molecule has 1 aromatic heterocycles. The van der Waals surface area contributed by atoms with Crippen molar-refractivity contribution in [1.29, 1.82) is 0 Å². The van der Waals surface area contributed by atoms with E-state index in [1.165, 1.54) is 18.0 Å². The predicted octanol–water partition coefficient (Wildman–Crippen LogP) is 1.30. The molecule has 0 saturated carbocycles. The topological polar surface area (TPSA) is 73.4 Å². The van der Waals surface area contributed by atoms with Gasteiger partial charge in [0.2, 0.25) is 0 Å². The Bertz CT molecular complexity index is 352. The SMILES string of the molecule is CCOC(=O)c1cnc(SCC(OC)OC)[nH]1. The smallest absolute Gasteiger partial charge is 0.356 e. The molecular weight excluding hydrogens is 244 g/mol. The number of carbonyl (C=O) groups excluding carboxylic acids is 1. The third-order valence-electron chi connectivity index (χ3n) is 1.93. The highest BCUT2D eigenvalue weighted by atomic mass is 32.2. The molecule has 0 aliphatic heterocycles. The third kappa shape index (κ3) is 4.37. The minimum atomic E-state index is -0.401. The number of imidazole rings is 1. The maximum atomic E-state index is 11.4. The van der Waals surface area contributed by atoms with Crippen molar-refractivity contribution >= 4 is 17.7 Å². The Morgan fingerprint density at radius 2 is 2.24 bits per heavy atom. The molecule has 0 aromatic carbocycles. The van der Waals surface area contributed by atoms with Crippen molar-refractivity contribution < 1.29 is 19.0 Å². The molecule has 0 fully saturated rings. The zero-order valence-electron chi connectivity index (χ0n) is 10.1. The lowest BCUT2D eigenvalue weighted by Crippen LogP contribution is -2.15. The van der Waals surface area contributed by atoms with Crippen LogP contribution >= 0.6 is 11.8 Å². The lowest BCUT2D eigenvalue weighted by molar-refractivity contribution is -0.0842. The largest absolute Gasteiger partial charge is 0.461 e. The molecule has 0 spiro atoms. The normalized spacial score (nSPS) is 10.8. The summed E-state index contributed by atoms with van der Waals surface area (Å²) in [5.41, 5.74) is 0.348. The molecule has 0 bridgehead atoms. The van der Waals surface area contributed by atoms with Crippen LogP contribution in [0.5, 0.6) is 0 Å². The average Bonchev–Trinajstić information content (AvgIpc) is 2.79. The Morgan fingerprint density at radius 1 is 1.53 bits per heavy atom. The van der Waals surface area contributed by atoms with Crippen LogP contribution in [-0.4, -0.2) is 48.8 Å². The Balaban J connectivity index is 2.48. The second-order valence-electron chi connectivity index (χ2n) is 3.03. The monoisotopic (exact) mass is 260 g/mol. The van der Waals surface area contributed by atoms with Crippen LogP contribution in [0.1, 0.15) is 17.4 Å². The van der Waals surface area contributed by atoms with Gasteiger partial charge in [0.15, 0.2) is 11.4 Å². The summed E-state index contributed by atoms with van der Waals surface area (Å²) in [5.74, 6) is 0.185. The molecule has 17 heavy (non-hydrogen) atoms. The Labute approximate surface area is 104 Å². The van der Waals surface area contributed by atoms with Crippen LogP contribution < -0.4 is 0 Å². The van der Waals surface area contributed by atoms with Crippen molar-refractivity contribution in [2.24, 2.45) is 0 Å². The number of thioether (sulfide) groups is 1. The molecule has 96 valence electrons. The summed E-state index contributed by atoms with van der Waals surface area (Å²) < 4.78 is 14.9. The summed E-state index contributed by atoms with van der Waals surface area (Å²) in [6.45, 7) is 2.10. The van der Waals surface area contributed by atoms with Crippen LogP contribution in [0.25, 0.3) is 0 Å². The number of hydrogen-bond acceptors (Lipinski definition) is 6. The van der Waals surface area contributed by atoms with Gasteiger partial charge in [0.1, 0.15) is 5.69 Å². The third-order valence-corrected chi connectivity index (χ3v) is 2.85. The minimum Gasteiger partial charge on any atom is -0.461 e. The van der Waals surface area contributed by atoms with Gasteiger partial charge in [0.05, 0.1) is 18.6 Å². The lowest BCUT2D eigenvalue weighted by atomic mass is 10.5. The van der Waals surface area contributed by atoms with Crippen molar-refractivity contribution in [3.63, 3.8) is 0 Å². The quantitative estimate of drug-likeness (QED) is 0.452. The molecule has 1 heterocycles. The molecule has 0 saturated heterocycles. The minimum absolute atomic E-state index is 0.295.